The summed E-state index contributed by atoms with van der Waals surface area (Å²) in [6.45, 7) is 2.32. The summed E-state index contributed by atoms with van der Waals surface area (Å²) in [5.74, 6) is 0.891. The van der Waals surface area contributed by atoms with Gasteiger partial charge in [0.2, 0.25) is 0 Å². The molecule has 2 aromatic carbocycles. The molecule has 1 aromatic heterocycles. The predicted octanol–water partition coefficient (Wildman–Crippen LogP) is 3.86. The molecule has 0 bridgehead atoms. The van der Waals surface area contributed by atoms with Gasteiger partial charge in [-0.15, -0.1) is 0 Å². The van der Waals surface area contributed by atoms with Crippen LogP contribution in [0.4, 0.5) is 0 Å². The van der Waals surface area contributed by atoms with Gasteiger partial charge >= 0.3 is 0 Å². The number of hydrogen-bond donors (Lipinski definition) is 0. The fourth-order valence-electron chi connectivity index (χ4n) is 2.03. The maximum Gasteiger partial charge on any atom is 0.162 e. The molecule has 0 fully saturated rings. The first kappa shape index (κ1) is 13.7. The molecule has 0 amide bonds. The number of rotatable bonds is 5. The summed E-state index contributed by atoms with van der Waals surface area (Å²) in [5.41, 5.74) is 3.57. The molecule has 0 N–H and O–H groups in total. The minimum absolute atomic E-state index is 0.142. The van der Waals surface area contributed by atoms with E-state index >= 15 is 0 Å². The lowest BCUT2D eigenvalue weighted by Crippen LogP contribution is -1.98. The number of hydrogen-bond acceptors (Lipinski definition) is 5. The fourth-order valence-corrected chi connectivity index (χ4v) is 2.54. The Morgan fingerprint density at radius 1 is 1.10 bits per heavy atom. The minimum atomic E-state index is 0.142. The third-order valence-electron chi connectivity index (χ3n) is 3.22. The van der Waals surface area contributed by atoms with E-state index in [1.165, 1.54) is 11.7 Å². The first-order chi connectivity index (χ1) is 10.3. The van der Waals surface area contributed by atoms with Crippen LogP contribution in [-0.4, -0.2) is 14.5 Å². The van der Waals surface area contributed by atoms with E-state index in [2.05, 4.69) is 8.75 Å². The molecule has 106 valence electrons. The van der Waals surface area contributed by atoms with Crippen molar-refractivity contribution in [3.63, 3.8) is 0 Å². The molecule has 5 heteroatoms. The van der Waals surface area contributed by atoms with E-state index in [9.17, 15) is 4.79 Å². The standard InChI is InChI=1S/C16H14N2O2S/c1-2-16(19)12-4-6-13(7-5-12)20-10-11-3-8-14-15(9-11)18-21-17-14/h3-9H,2,10H2,1H3. The Bertz CT molecular complexity index is 765. The van der Waals surface area contributed by atoms with Crippen molar-refractivity contribution in [3.05, 3.63) is 53.6 Å². The highest BCUT2D eigenvalue weighted by Gasteiger charge is 2.04. The monoisotopic (exact) mass is 298 g/mol. The Kier molecular flexibility index (Phi) is 3.92. The van der Waals surface area contributed by atoms with Crippen molar-refractivity contribution in [2.24, 2.45) is 0 Å². The summed E-state index contributed by atoms with van der Waals surface area (Å²) >= 11 is 1.21. The lowest BCUT2D eigenvalue weighted by atomic mass is 10.1. The molecule has 3 rings (SSSR count). The Labute approximate surface area is 126 Å². The van der Waals surface area contributed by atoms with Gasteiger partial charge in [-0.2, -0.15) is 8.75 Å². The van der Waals surface area contributed by atoms with Crippen molar-refractivity contribution in [3.8, 4) is 5.75 Å². The van der Waals surface area contributed by atoms with E-state index in [-0.39, 0.29) is 5.78 Å². The second-order valence-corrected chi connectivity index (χ2v) is 5.21. The summed E-state index contributed by atoms with van der Waals surface area (Å²) in [4.78, 5) is 11.6. The smallest absolute Gasteiger partial charge is 0.162 e. The Balaban J connectivity index is 1.67. The van der Waals surface area contributed by atoms with Gasteiger partial charge in [0.1, 0.15) is 23.4 Å². The second kappa shape index (κ2) is 6.01. The Morgan fingerprint density at radius 3 is 2.62 bits per heavy atom. The predicted molar refractivity (Wildman–Crippen MR) is 82.8 cm³/mol. The van der Waals surface area contributed by atoms with Crippen LogP contribution < -0.4 is 4.74 Å². The molecular formula is C16H14N2O2S. The van der Waals surface area contributed by atoms with Crippen molar-refractivity contribution < 1.29 is 9.53 Å². The SMILES string of the molecule is CCC(=O)c1ccc(OCc2ccc3nsnc3c2)cc1. The van der Waals surface area contributed by atoms with Gasteiger partial charge < -0.3 is 4.74 Å². The lowest BCUT2D eigenvalue weighted by molar-refractivity contribution is 0.0988. The van der Waals surface area contributed by atoms with Crippen molar-refractivity contribution in [1.82, 2.24) is 8.75 Å². The van der Waals surface area contributed by atoms with Gasteiger partial charge in [-0.1, -0.05) is 13.0 Å². The van der Waals surface area contributed by atoms with Crippen LogP contribution in [0.25, 0.3) is 11.0 Å². The number of carbonyl (C=O) groups is 1. The van der Waals surface area contributed by atoms with E-state index in [0.29, 0.717) is 13.0 Å². The summed E-state index contributed by atoms with van der Waals surface area (Å²) in [6, 6.07) is 13.2. The van der Waals surface area contributed by atoms with Crippen LogP contribution in [0.5, 0.6) is 5.75 Å². The number of benzene rings is 2. The molecule has 1 heterocycles. The maximum absolute atomic E-state index is 11.6. The fraction of sp³-hybridized carbons (Fsp3) is 0.188. The van der Waals surface area contributed by atoms with Gasteiger partial charge in [0, 0.05) is 12.0 Å². The molecule has 0 radical (unpaired) electrons. The number of ether oxygens (including phenoxy) is 1. The molecule has 21 heavy (non-hydrogen) atoms. The van der Waals surface area contributed by atoms with Crippen molar-refractivity contribution in [2.75, 3.05) is 0 Å². The molecule has 0 aliphatic rings. The molecule has 0 aliphatic carbocycles. The van der Waals surface area contributed by atoms with Crippen LogP contribution in [0, 0.1) is 0 Å². The Hall–Kier alpha value is -2.27. The number of Topliss-reactive ketones (excluding diaryl/α,β-unsaturated/α-hetero) is 1. The zero-order valence-electron chi connectivity index (χ0n) is 11.6. The maximum atomic E-state index is 11.6. The zero-order valence-corrected chi connectivity index (χ0v) is 12.4. The highest BCUT2D eigenvalue weighted by molar-refractivity contribution is 7.00. The third kappa shape index (κ3) is 3.08. The molecule has 0 atom stereocenters. The van der Waals surface area contributed by atoms with E-state index in [1.54, 1.807) is 12.1 Å². The third-order valence-corrected chi connectivity index (χ3v) is 3.78. The van der Waals surface area contributed by atoms with Crippen LogP contribution in [0.15, 0.2) is 42.5 Å². The normalized spacial score (nSPS) is 10.7. The highest BCUT2D eigenvalue weighted by atomic mass is 32.1. The van der Waals surface area contributed by atoms with Crippen LogP contribution in [0.3, 0.4) is 0 Å². The first-order valence-corrected chi connectivity index (χ1v) is 7.46. The van der Waals surface area contributed by atoms with Gasteiger partial charge in [0.05, 0.1) is 11.7 Å². The molecule has 0 spiro atoms. The summed E-state index contributed by atoms with van der Waals surface area (Å²) in [6.07, 6.45) is 0.516. The number of carbonyl (C=O) groups excluding carboxylic acids is 1. The van der Waals surface area contributed by atoms with E-state index < -0.39 is 0 Å². The summed E-state index contributed by atoms with van der Waals surface area (Å²) in [5, 5.41) is 0. The molecular weight excluding hydrogens is 284 g/mol. The highest BCUT2D eigenvalue weighted by Crippen LogP contribution is 2.17. The molecule has 0 aliphatic heterocycles. The van der Waals surface area contributed by atoms with Crippen LogP contribution in [0.2, 0.25) is 0 Å². The van der Waals surface area contributed by atoms with Gasteiger partial charge in [0.15, 0.2) is 5.78 Å². The van der Waals surface area contributed by atoms with E-state index in [1.807, 2.05) is 37.3 Å². The topological polar surface area (TPSA) is 52.1 Å². The molecule has 0 saturated heterocycles. The number of ketones is 1. The van der Waals surface area contributed by atoms with Crippen LogP contribution in [-0.2, 0) is 6.61 Å². The van der Waals surface area contributed by atoms with Crippen LogP contribution in [0.1, 0.15) is 29.3 Å². The second-order valence-electron chi connectivity index (χ2n) is 4.68. The largest absolute Gasteiger partial charge is 0.489 e. The molecule has 0 saturated carbocycles. The first-order valence-electron chi connectivity index (χ1n) is 6.73. The zero-order chi connectivity index (χ0) is 14.7. The van der Waals surface area contributed by atoms with Crippen LogP contribution >= 0.6 is 11.7 Å². The van der Waals surface area contributed by atoms with Gasteiger partial charge in [-0.25, -0.2) is 0 Å². The average Bonchev–Trinajstić information content (AvgIpc) is 3.00. The quantitative estimate of drug-likeness (QED) is 0.671. The van der Waals surface area contributed by atoms with Crippen molar-refractivity contribution >= 4 is 28.5 Å². The number of nitrogens with zero attached hydrogens (tertiary/aromatic N) is 2. The summed E-state index contributed by atoms with van der Waals surface area (Å²) in [7, 11) is 0. The molecule has 0 unspecified atom stereocenters. The van der Waals surface area contributed by atoms with Crippen molar-refractivity contribution in [2.45, 2.75) is 20.0 Å². The Morgan fingerprint density at radius 2 is 1.86 bits per heavy atom. The summed E-state index contributed by atoms with van der Waals surface area (Å²) < 4.78 is 14.1. The van der Waals surface area contributed by atoms with Gasteiger partial charge in [-0.05, 0) is 42.0 Å². The number of fused-ring (bicyclic) bond motifs is 1. The van der Waals surface area contributed by atoms with E-state index in [4.69, 9.17) is 4.74 Å². The lowest BCUT2D eigenvalue weighted by Gasteiger charge is -2.07. The molecule has 4 nitrogen and oxygen atoms in total. The van der Waals surface area contributed by atoms with Crippen molar-refractivity contribution in [1.29, 1.82) is 0 Å². The van der Waals surface area contributed by atoms with Gasteiger partial charge in [0.25, 0.3) is 0 Å². The number of aromatic nitrogens is 2. The average molecular weight is 298 g/mol. The molecule has 3 aromatic rings. The van der Waals surface area contributed by atoms with E-state index in [0.717, 1.165) is 27.9 Å². The van der Waals surface area contributed by atoms with Gasteiger partial charge in [-0.3, -0.25) is 4.79 Å². The minimum Gasteiger partial charge on any atom is -0.489 e.